The molecular formula is C9H17NO. The van der Waals surface area contributed by atoms with Gasteiger partial charge in [-0.1, -0.05) is 19.4 Å². The Labute approximate surface area is 68.7 Å². The van der Waals surface area contributed by atoms with Gasteiger partial charge in [0, 0.05) is 6.54 Å². The monoisotopic (exact) mass is 155 g/mol. The van der Waals surface area contributed by atoms with Crippen LogP contribution in [-0.2, 0) is 4.79 Å². The summed E-state index contributed by atoms with van der Waals surface area (Å²) in [6, 6.07) is 0. The highest BCUT2D eigenvalue weighted by molar-refractivity contribution is 5.93. The molecule has 1 N–H and O–H groups in total. The van der Waals surface area contributed by atoms with Crippen LogP contribution in [-0.4, -0.2) is 19.4 Å². The van der Waals surface area contributed by atoms with Crippen LogP contribution in [0.1, 0.15) is 26.7 Å². The average Bonchev–Trinajstić information content (AvgIpc) is 1.97. The first-order chi connectivity index (χ1) is 5.22. The first-order valence-electron chi connectivity index (χ1n) is 4.07. The van der Waals surface area contributed by atoms with Crippen LogP contribution in [0.3, 0.4) is 0 Å². The summed E-state index contributed by atoms with van der Waals surface area (Å²) in [5.74, 6) is 0.196. The van der Waals surface area contributed by atoms with E-state index < -0.39 is 0 Å². The lowest BCUT2D eigenvalue weighted by atomic mass is 10.1. The maximum absolute atomic E-state index is 10.9. The number of ketones is 1. The number of nitrogens with one attached hydrogen (secondary N) is 1. The van der Waals surface area contributed by atoms with Gasteiger partial charge in [-0.05, 0) is 26.0 Å². The average molecular weight is 155 g/mol. The number of likely N-dealkylation sites (N-methyl/N-ethyl adjacent to an activating group) is 1. The molecule has 0 saturated carbocycles. The van der Waals surface area contributed by atoms with Crippen molar-refractivity contribution in [1.29, 1.82) is 0 Å². The number of carbonyl (C=O) groups is 1. The van der Waals surface area contributed by atoms with Crippen molar-refractivity contribution in [1.82, 2.24) is 5.32 Å². The molecule has 2 nitrogen and oxygen atoms in total. The van der Waals surface area contributed by atoms with E-state index in [1.54, 1.807) is 6.92 Å². The molecule has 0 amide bonds. The van der Waals surface area contributed by atoms with Crippen molar-refractivity contribution in [3.63, 3.8) is 0 Å². The van der Waals surface area contributed by atoms with Crippen molar-refractivity contribution in [2.45, 2.75) is 26.7 Å². The maximum atomic E-state index is 10.9. The molecule has 64 valence electrons. The molecular weight excluding hydrogens is 138 g/mol. The standard InChI is InChI=1S/C9H17NO/c1-4-5-9(8(2)11)6-7-10-3/h6,10H,4-5,7H2,1-3H3/b9-6+. The van der Waals surface area contributed by atoms with Gasteiger partial charge in [-0.25, -0.2) is 0 Å². The molecule has 0 aromatic heterocycles. The molecule has 0 rings (SSSR count). The van der Waals surface area contributed by atoms with Crippen LogP contribution in [0, 0.1) is 0 Å². The lowest BCUT2D eigenvalue weighted by molar-refractivity contribution is -0.113. The van der Waals surface area contributed by atoms with E-state index in [4.69, 9.17) is 0 Å². The predicted molar refractivity (Wildman–Crippen MR) is 47.6 cm³/mol. The fraction of sp³-hybridized carbons (Fsp3) is 0.667. The summed E-state index contributed by atoms with van der Waals surface area (Å²) < 4.78 is 0. The summed E-state index contributed by atoms with van der Waals surface area (Å²) in [6.07, 6.45) is 3.90. The molecule has 0 saturated heterocycles. The summed E-state index contributed by atoms with van der Waals surface area (Å²) >= 11 is 0. The molecule has 2 heteroatoms. The molecule has 0 bridgehead atoms. The van der Waals surface area contributed by atoms with Crippen molar-refractivity contribution in [3.8, 4) is 0 Å². The Morgan fingerprint density at radius 1 is 1.55 bits per heavy atom. The van der Waals surface area contributed by atoms with Gasteiger partial charge in [0.15, 0.2) is 5.78 Å². The van der Waals surface area contributed by atoms with E-state index in [0.717, 1.165) is 25.0 Å². The predicted octanol–water partition coefficient (Wildman–Crippen LogP) is 1.52. The van der Waals surface area contributed by atoms with E-state index in [0.29, 0.717) is 0 Å². The van der Waals surface area contributed by atoms with Gasteiger partial charge >= 0.3 is 0 Å². The topological polar surface area (TPSA) is 29.1 Å². The third kappa shape index (κ3) is 4.73. The van der Waals surface area contributed by atoms with Crippen LogP contribution in [0.4, 0.5) is 0 Å². The van der Waals surface area contributed by atoms with Crippen molar-refractivity contribution in [2.24, 2.45) is 0 Å². The minimum Gasteiger partial charge on any atom is -0.316 e. The molecule has 0 fully saturated rings. The molecule has 11 heavy (non-hydrogen) atoms. The summed E-state index contributed by atoms with van der Waals surface area (Å²) in [6.45, 7) is 4.49. The largest absolute Gasteiger partial charge is 0.316 e. The van der Waals surface area contributed by atoms with E-state index >= 15 is 0 Å². The van der Waals surface area contributed by atoms with Crippen molar-refractivity contribution >= 4 is 5.78 Å². The van der Waals surface area contributed by atoms with Crippen LogP contribution in [0.15, 0.2) is 11.6 Å². The highest BCUT2D eigenvalue weighted by Gasteiger charge is 1.99. The van der Waals surface area contributed by atoms with Gasteiger partial charge in [0.05, 0.1) is 0 Å². The number of hydrogen-bond donors (Lipinski definition) is 1. The Kier molecular flexibility index (Phi) is 5.75. The third-order valence-corrected chi connectivity index (χ3v) is 1.52. The Hall–Kier alpha value is -0.630. The second-order valence-corrected chi connectivity index (χ2v) is 2.59. The summed E-state index contributed by atoms with van der Waals surface area (Å²) in [5, 5.41) is 2.98. The first-order valence-corrected chi connectivity index (χ1v) is 4.07. The minimum atomic E-state index is 0.196. The number of rotatable bonds is 5. The highest BCUT2D eigenvalue weighted by atomic mass is 16.1. The normalized spacial score (nSPS) is 11.7. The van der Waals surface area contributed by atoms with Crippen molar-refractivity contribution < 1.29 is 4.79 Å². The number of Topliss-reactive ketones (excluding diaryl/α,β-unsaturated/α-hetero) is 1. The van der Waals surface area contributed by atoms with E-state index in [1.165, 1.54) is 0 Å². The molecule has 0 unspecified atom stereocenters. The second-order valence-electron chi connectivity index (χ2n) is 2.59. The maximum Gasteiger partial charge on any atom is 0.155 e. The highest BCUT2D eigenvalue weighted by Crippen LogP contribution is 2.04. The van der Waals surface area contributed by atoms with Gasteiger partial charge in [0.2, 0.25) is 0 Å². The second kappa shape index (κ2) is 6.10. The van der Waals surface area contributed by atoms with Crippen LogP contribution in [0.25, 0.3) is 0 Å². The Bertz CT molecular complexity index is 150. The van der Waals surface area contributed by atoms with E-state index in [1.807, 2.05) is 13.1 Å². The molecule has 0 aromatic rings. The number of hydrogen-bond acceptors (Lipinski definition) is 2. The Balaban J connectivity index is 3.97. The summed E-state index contributed by atoms with van der Waals surface area (Å²) in [7, 11) is 1.88. The van der Waals surface area contributed by atoms with Gasteiger partial charge in [0.1, 0.15) is 0 Å². The molecule has 0 aliphatic rings. The van der Waals surface area contributed by atoms with Crippen LogP contribution in [0.5, 0.6) is 0 Å². The fourth-order valence-corrected chi connectivity index (χ4v) is 0.916. The molecule has 0 radical (unpaired) electrons. The van der Waals surface area contributed by atoms with Crippen LogP contribution >= 0.6 is 0 Å². The number of allylic oxidation sites excluding steroid dienone is 1. The van der Waals surface area contributed by atoms with Gasteiger partial charge in [-0.3, -0.25) is 4.79 Å². The van der Waals surface area contributed by atoms with Crippen molar-refractivity contribution in [2.75, 3.05) is 13.6 Å². The van der Waals surface area contributed by atoms with Crippen molar-refractivity contribution in [3.05, 3.63) is 11.6 Å². The molecule has 0 heterocycles. The molecule has 0 atom stereocenters. The SMILES string of the molecule is CCC/C(=C\CNC)C(C)=O. The van der Waals surface area contributed by atoms with Gasteiger partial charge in [0.25, 0.3) is 0 Å². The zero-order chi connectivity index (χ0) is 8.69. The lowest BCUT2D eigenvalue weighted by Gasteiger charge is -2.00. The first kappa shape index (κ1) is 10.4. The van der Waals surface area contributed by atoms with E-state index in [-0.39, 0.29) is 5.78 Å². The van der Waals surface area contributed by atoms with Gasteiger partial charge in [-0.2, -0.15) is 0 Å². The zero-order valence-corrected chi connectivity index (χ0v) is 7.61. The fourth-order valence-electron chi connectivity index (χ4n) is 0.916. The molecule has 0 aromatic carbocycles. The molecule has 0 aliphatic heterocycles. The van der Waals surface area contributed by atoms with Crippen LogP contribution < -0.4 is 5.32 Å². The summed E-state index contributed by atoms with van der Waals surface area (Å²) in [4.78, 5) is 10.9. The Morgan fingerprint density at radius 2 is 2.18 bits per heavy atom. The van der Waals surface area contributed by atoms with Gasteiger partial charge < -0.3 is 5.32 Å². The van der Waals surface area contributed by atoms with E-state index in [9.17, 15) is 4.79 Å². The molecule has 0 spiro atoms. The number of carbonyl (C=O) groups excluding carboxylic acids is 1. The minimum absolute atomic E-state index is 0.196. The quantitative estimate of drug-likeness (QED) is 0.610. The van der Waals surface area contributed by atoms with Crippen LogP contribution in [0.2, 0.25) is 0 Å². The Morgan fingerprint density at radius 3 is 2.55 bits per heavy atom. The van der Waals surface area contributed by atoms with E-state index in [2.05, 4.69) is 12.2 Å². The van der Waals surface area contributed by atoms with Gasteiger partial charge in [-0.15, -0.1) is 0 Å². The lowest BCUT2D eigenvalue weighted by Crippen LogP contribution is -2.07. The zero-order valence-electron chi connectivity index (χ0n) is 7.61. The summed E-state index contributed by atoms with van der Waals surface area (Å²) in [5.41, 5.74) is 0.946. The smallest absolute Gasteiger partial charge is 0.155 e. The third-order valence-electron chi connectivity index (χ3n) is 1.52. The molecule has 0 aliphatic carbocycles.